The predicted octanol–water partition coefficient (Wildman–Crippen LogP) is 4.06. The fourth-order valence-corrected chi connectivity index (χ4v) is 3.30. The first-order valence-corrected chi connectivity index (χ1v) is 7.34. The first-order valence-electron chi connectivity index (χ1n) is 7.34. The second-order valence-electron chi connectivity index (χ2n) is 6.00. The first kappa shape index (κ1) is 12.6. The summed E-state index contributed by atoms with van der Waals surface area (Å²) in [7, 11) is 0. The molecule has 1 fully saturated rings. The van der Waals surface area contributed by atoms with Gasteiger partial charge in [-0.2, -0.15) is 0 Å². The highest BCUT2D eigenvalue weighted by Crippen LogP contribution is 2.37. The minimum atomic E-state index is 0.131. The van der Waals surface area contributed by atoms with Crippen LogP contribution in [0.15, 0.2) is 36.7 Å². The van der Waals surface area contributed by atoms with E-state index in [2.05, 4.69) is 36.2 Å². The first-order chi connectivity index (χ1) is 9.25. The number of nitrogens with zero attached hydrogens (tertiary/aromatic N) is 1. The molecule has 0 bridgehead atoms. The van der Waals surface area contributed by atoms with E-state index in [4.69, 9.17) is 5.73 Å². The molecule has 2 N–H and O–H groups in total. The van der Waals surface area contributed by atoms with Crippen LogP contribution < -0.4 is 5.73 Å². The molecule has 1 atom stereocenters. The van der Waals surface area contributed by atoms with Crippen molar-refractivity contribution in [1.29, 1.82) is 0 Å². The number of hydrogen-bond acceptors (Lipinski definition) is 2. The van der Waals surface area contributed by atoms with E-state index >= 15 is 0 Å². The Balaban J connectivity index is 1.91. The van der Waals surface area contributed by atoms with E-state index < -0.39 is 0 Å². The molecular formula is C17H22N2. The van der Waals surface area contributed by atoms with Crippen LogP contribution in [0.25, 0.3) is 10.8 Å². The fraction of sp³-hybridized carbons (Fsp3) is 0.471. The number of rotatable bonds is 2. The molecular weight excluding hydrogens is 232 g/mol. The van der Waals surface area contributed by atoms with Crippen LogP contribution in [-0.4, -0.2) is 4.98 Å². The van der Waals surface area contributed by atoms with E-state index in [0.29, 0.717) is 5.92 Å². The molecule has 0 saturated heterocycles. The van der Waals surface area contributed by atoms with Gasteiger partial charge in [0.2, 0.25) is 0 Å². The molecule has 19 heavy (non-hydrogen) atoms. The second-order valence-corrected chi connectivity index (χ2v) is 6.00. The van der Waals surface area contributed by atoms with Crippen molar-refractivity contribution in [2.45, 2.75) is 38.6 Å². The van der Waals surface area contributed by atoms with E-state index in [1.165, 1.54) is 42.0 Å². The van der Waals surface area contributed by atoms with Crippen LogP contribution in [0, 0.1) is 11.8 Å². The lowest BCUT2D eigenvalue weighted by atomic mass is 9.77. The van der Waals surface area contributed by atoms with Crippen molar-refractivity contribution in [1.82, 2.24) is 4.98 Å². The van der Waals surface area contributed by atoms with Gasteiger partial charge in [-0.3, -0.25) is 4.98 Å². The number of fused-ring (bicyclic) bond motifs is 1. The van der Waals surface area contributed by atoms with E-state index in [1.54, 1.807) is 0 Å². The Labute approximate surface area is 115 Å². The second kappa shape index (κ2) is 5.30. The lowest BCUT2D eigenvalue weighted by Gasteiger charge is -2.31. The third-order valence-electron chi connectivity index (χ3n) is 4.63. The number of nitrogens with two attached hydrogens (primary N) is 1. The van der Waals surface area contributed by atoms with Gasteiger partial charge < -0.3 is 5.73 Å². The van der Waals surface area contributed by atoms with E-state index in [1.807, 2.05) is 12.4 Å². The smallest absolute Gasteiger partial charge is 0.0346 e. The molecule has 0 spiro atoms. The summed E-state index contributed by atoms with van der Waals surface area (Å²) in [6.07, 6.45) is 9.03. The van der Waals surface area contributed by atoms with Gasteiger partial charge >= 0.3 is 0 Å². The van der Waals surface area contributed by atoms with Gasteiger partial charge in [-0.1, -0.05) is 44.0 Å². The topological polar surface area (TPSA) is 38.9 Å². The van der Waals surface area contributed by atoms with Crippen LogP contribution in [0.1, 0.15) is 44.2 Å². The molecule has 1 aliphatic carbocycles. The van der Waals surface area contributed by atoms with Gasteiger partial charge in [-0.05, 0) is 35.6 Å². The maximum Gasteiger partial charge on any atom is 0.0346 e. The molecule has 1 heterocycles. The van der Waals surface area contributed by atoms with Gasteiger partial charge in [0, 0.05) is 23.8 Å². The summed E-state index contributed by atoms with van der Waals surface area (Å²) in [6.45, 7) is 2.35. The molecule has 1 aromatic carbocycles. The van der Waals surface area contributed by atoms with Gasteiger partial charge in [0.05, 0.1) is 0 Å². The Morgan fingerprint density at radius 3 is 2.63 bits per heavy atom. The van der Waals surface area contributed by atoms with Crippen LogP contribution in [-0.2, 0) is 0 Å². The average Bonchev–Trinajstić information content (AvgIpc) is 2.47. The summed E-state index contributed by atoms with van der Waals surface area (Å²) in [5.41, 5.74) is 7.76. The normalized spacial score (nSPS) is 25.4. The number of benzene rings is 1. The molecule has 0 amide bonds. The summed E-state index contributed by atoms with van der Waals surface area (Å²) in [4.78, 5) is 4.36. The molecule has 2 nitrogen and oxygen atoms in total. The van der Waals surface area contributed by atoms with Crippen LogP contribution in [0.3, 0.4) is 0 Å². The van der Waals surface area contributed by atoms with Gasteiger partial charge in [0.25, 0.3) is 0 Å². The van der Waals surface area contributed by atoms with Crippen LogP contribution in [0.2, 0.25) is 0 Å². The highest BCUT2D eigenvalue weighted by Gasteiger charge is 2.25. The van der Waals surface area contributed by atoms with Gasteiger partial charge in [-0.25, -0.2) is 0 Å². The monoisotopic (exact) mass is 254 g/mol. The molecule has 0 aliphatic heterocycles. The van der Waals surface area contributed by atoms with E-state index in [0.717, 1.165) is 5.92 Å². The zero-order valence-electron chi connectivity index (χ0n) is 11.5. The highest BCUT2D eigenvalue weighted by molar-refractivity contribution is 5.85. The van der Waals surface area contributed by atoms with Crippen molar-refractivity contribution in [2.75, 3.05) is 0 Å². The lowest BCUT2D eigenvalue weighted by molar-refractivity contribution is 0.256. The van der Waals surface area contributed by atoms with Crippen molar-refractivity contribution >= 4 is 10.8 Å². The largest absolute Gasteiger partial charge is 0.324 e. The zero-order valence-corrected chi connectivity index (χ0v) is 11.5. The van der Waals surface area contributed by atoms with Crippen molar-refractivity contribution in [3.8, 4) is 0 Å². The Morgan fingerprint density at radius 2 is 1.84 bits per heavy atom. The van der Waals surface area contributed by atoms with Crippen LogP contribution >= 0.6 is 0 Å². The van der Waals surface area contributed by atoms with Crippen LogP contribution in [0.4, 0.5) is 0 Å². The number of pyridine rings is 1. The molecule has 3 rings (SSSR count). The molecule has 2 heteroatoms. The van der Waals surface area contributed by atoms with Crippen molar-refractivity contribution in [3.63, 3.8) is 0 Å². The SMILES string of the molecule is CC1CCC(C(N)c2cncc3ccccc23)CC1. The third-order valence-corrected chi connectivity index (χ3v) is 4.63. The van der Waals surface area contributed by atoms with Crippen molar-refractivity contribution < 1.29 is 0 Å². The van der Waals surface area contributed by atoms with Crippen LogP contribution in [0.5, 0.6) is 0 Å². The van der Waals surface area contributed by atoms with E-state index in [9.17, 15) is 0 Å². The van der Waals surface area contributed by atoms with Crippen molar-refractivity contribution in [3.05, 3.63) is 42.2 Å². The molecule has 1 aromatic heterocycles. The van der Waals surface area contributed by atoms with Gasteiger partial charge in [-0.15, -0.1) is 0 Å². The van der Waals surface area contributed by atoms with Gasteiger partial charge in [0.15, 0.2) is 0 Å². The quantitative estimate of drug-likeness (QED) is 0.877. The van der Waals surface area contributed by atoms with Gasteiger partial charge in [0.1, 0.15) is 0 Å². The molecule has 1 aliphatic rings. The number of aromatic nitrogens is 1. The summed E-state index contributed by atoms with van der Waals surface area (Å²) >= 11 is 0. The standard InChI is InChI=1S/C17H22N2/c1-12-6-8-13(9-7-12)17(18)16-11-19-10-14-4-2-3-5-15(14)16/h2-5,10-13,17H,6-9,18H2,1H3. The van der Waals surface area contributed by atoms with Crippen molar-refractivity contribution in [2.24, 2.45) is 17.6 Å². The summed E-state index contributed by atoms with van der Waals surface area (Å²) in [5, 5.41) is 2.46. The highest BCUT2D eigenvalue weighted by atomic mass is 14.7. The minimum Gasteiger partial charge on any atom is -0.324 e. The summed E-state index contributed by atoms with van der Waals surface area (Å²) < 4.78 is 0. The summed E-state index contributed by atoms with van der Waals surface area (Å²) in [5.74, 6) is 1.48. The number of hydrogen-bond donors (Lipinski definition) is 1. The summed E-state index contributed by atoms with van der Waals surface area (Å²) in [6, 6.07) is 8.55. The zero-order chi connectivity index (χ0) is 13.2. The molecule has 100 valence electrons. The molecule has 0 radical (unpaired) electrons. The maximum absolute atomic E-state index is 6.54. The third kappa shape index (κ3) is 2.50. The predicted molar refractivity (Wildman–Crippen MR) is 79.8 cm³/mol. The molecule has 2 aromatic rings. The minimum absolute atomic E-state index is 0.131. The Bertz CT molecular complexity index is 551. The fourth-order valence-electron chi connectivity index (χ4n) is 3.30. The Morgan fingerprint density at radius 1 is 1.11 bits per heavy atom. The lowest BCUT2D eigenvalue weighted by Crippen LogP contribution is -2.25. The van der Waals surface area contributed by atoms with E-state index in [-0.39, 0.29) is 6.04 Å². The molecule has 1 unspecified atom stereocenters. The Kier molecular flexibility index (Phi) is 3.52. The molecule has 1 saturated carbocycles. The average molecular weight is 254 g/mol. The maximum atomic E-state index is 6.54. The Hall–Kier alpha value is -1.41.